The molecule has 0 fully saturated rings. The number of amides is 2. The molecule has 1 rings (SSSR count). The maximum absolute atomic E-state index is 12.2. The number of hydrogen-bond donors (Lipinski definition) is 3. The SMILES string of the molecule is CCC(CC)C(=O)Nc1ccc(OC)cc1NC(=O)CCN. The number of anilines is 2. The second-order valence-corrected chi connectivity index (χ2v) is 5.00. The van der Waals surface area contributed by atoms with Crippen LogP contribution in [0.4, 0.5) is 11.4 Å². The number of carbonyl (C=O) groups excluding carboxylic acids is 2. The lowest BCUT2D eigenvalue weighted by Crippen LogP contribution is -2.23. The first-order valence-electron chi connectivity index (χ1n) is 7.54. The summed E-state index contributed by atoms with van der Waals surface area (Å²) in [5.41, 5.74) is 6.45. The van der Waals surface area contributed by atoms with Crippen LogP contribution in [0, 0.1) is 5.92 Å². The van der Waals surface area contributed by atoms with E-state index in [4.69, 9.17) is 10.5 Å². The largest absolute Gasteiger partial charge is 0.497 e. The highest BCUT2D eigenvalue weighted by molar-refractivity contribution is 6.00. The van der Waals surface area contributed by atoms with E-state index >= 15 is 0 Å². The van der Waals surface area contributed by atoms with Gasteiger partial charge in [0.2, 0.25) is 11.8 Å². The summed E-state index contributed by atoms with van der Waals surface area (Å²) in [4.78, 5) is 24.0. The van der Waals surface area contributed by atoms with Crippen LogP contribution < -0.4 is 21.1 Å². The number of hydrogen-bond acceptors (Lipinski definition) is 4. The first-order chi connectivity index (χ1) is 10.5. The van der Waals surface area contributed by atoms with E-state index in [0.717, 1.165) is 12.8 Å². The van der Waals surface area contributed by atoms with Crippen molar-refractivity contribution < 1.29 is 14.3 Å². The third-order valence-electron chi connectivity index (χ3n) is 3.49. The molecule has 0 unspecified atom stereocenters. The maximum atomic E-state index is 12.2. The standard InChI is InChI=1S/C16H25N3O3/c1-4-11(5-2)16(21)19-13-7-6-12(22-3)10-14(13)18-15(20)8-9-17/h6-7,10-11H,4-5,8-9,17H2,1-3H3,(H,18,20)(H,19,21). The summed E-state index contributed by atoms with van der Waals surface area (Å²) >= 11 is 0. The molecule has 0 bridgehead atoms. The molecule has 6 heteroatoms. The number of ether oxygens (including phenoxy) is 1. The molecular weight excluding hydrogens is 282 g/mol. The van der Waals surface area contributed by atoms with E-state index < -0.39 is 0 Å². The zero-order valence-corrected chi connectivity index (χ0v) is 13.4. The fourth-order valence-corrected chi connectivity index (χ4v) is 2.10. The number of rotatable bonds is 8. The number of methoxy groups -OCH3 is 1. The molecule has 1 aromatic rings. The van der Waals surface area contributed by atoms with Crippen LogP contribution in [0.2, 0.25) is 0 Å². The minimum atomic E-state index is -0.200. The molecule has 0 saturated heterocycles. The molecule has 0 radical (unpaired) electrons. The van der Waals surface area contributed by atoms with Gasteiger partial charge in [0, 0.05) is 24.9 Å². The van der Waals surface area contributed by atoms with Gasteiger partial charge in [-0.2, -0.15) is 0 Å². The van der Waals surface area contributed by atoms with Gasteiger partial charge in [-0.15, -0.1) is 0 Å². The topological polar surface area (TPSA) is 93.5 Å². The van der Waals surface area contributed by atoms with E-state index in [2.05, 4.69) is 10.6 Å². The molecule has 0 atom stereocenters. The monoisotopic (exact) mass is 307 g/mol. The molecule has 122 valence electrons. The average Bonchev–Trinajstić information content (AvgIpc) is 2.50. The summed E-state index contributed by atoms with van der Waals surface area (Å²) in [6.07, 6.45) is 1.76. The minimum absolute atomic E-state index is 0.0466. The quantitative estimate of drug-likeness (QED) is 0.687. The molecular formula is C16H25N3O3. The summed E-state index contributed by atoms with van der Waals surface area (Å²) in [7, 11) is 1.54. The number of carbonyl (C=O) groups is 2. The Morgan fingerprint density at radius 1 is 1.18 bits per heavy atom. The van der Waals surface area contributed by atoms with Gasteiger partial charge >= 0.3 is 0 Å². The number of benzene rings is 1. The number of nitrogens with one attached hydrogen (secondary N) is 2. The van der Waals surface area contributed by atoms with E-state index in [9.17, 15) is 9.59 Å². The van der Waals surface area contributed by atoms with E-state index in [1.54, 1.807) is 25.3 Å². The van der Waals surface area contributed by atoms with Crippen LogP contribution in [-0.2, 0) is 9.59 Å². The highest BCUT2D eigenvalue weighted by Crippen LogP contribution is 2.28. The van der Waals surface area contributed by atoms with Crippen molar-refractivity contribution in [1.29, 1.82) is 0 Å². The molecule has 4 N–H and O–H groups in total. The van der Waals surface area contributed by atoms with Crippen LogP contribution in [0.25, 0.3) is 0 Å². The number of nitrogens with two attached hydrogens (primary N) is 1. The molecule has 0 aliphatic heterocycles. The molecule has 0 aromatic heterocycles. The molecule has 0 spiro atoms. The lowest BCUT2D eigenvalue weighted by molar-refractivity contribution is -0.120. The molecule has 1 aromatic carbocycles. The van der Waals surface area contributed by atoms with Gasteiger partial charge in [-0.1, -0.05) is 13.8 Å². The van der Waals surface area contributed by atoms with E-state index in [1.807, 2.05) is 13.8 Å². The zero-order chi connectivity index (χ0) is 16.5. The van der Waals surface area contributed by atoms with Crippen molar-refractivity contribution in [2.75, 3.05) is 24.3 Å². The molecule has 2 amide bonds. The lowest BCUT2D eigenvalue weighted by Gasteiger charge is -2.17. The second kappa shape index (κ2) is 9.04. The summed E-state index contributed by atoms with van der Waals surface area (Å²) in [5, 5.41) is 5.62. The van der Waals surface area contributed by atoms with Crippen molar-refractivity contribution >= 4 is 23.2 Å². The zero-order valence-electron chi connectivity index (χ0n) is 13.4. The van der Waals surface area contributed by atoms with Gasteiger partial charge in [0.25, 0.3) is 0 Å². The van der Waals surface area contributed by atoms with Gasteiger partial charge in [-0.05, 0) is 25.0 Å². The fraction of sp³-hybridized carbons (Fsp3) is 0.500. The summed E-state index contributed by atoms with van der Waals surface area (Å²) in [5.74, 6) is 0.302. The van der Waals surface area contributed by atoms with Crippen molar-refractivity contribution in [2.24, 2.45) is 11.7 Å². The average molecular weight is 307 g/mol. The highest BCUT2D eigenvalue weighted by Gasteiger charge is 2.16. The normalized spacial score (nSPS) is 10.4. The predicted molar refractivity (Wildman–Crippen MR) is 88.0 cm³/mol. The van der Waals surface area contributed by atoms with E-state index in [0.29, 0.717) is 17.1 Å². The Bertz CT molecular complexity index is 513. The molecule has 22 heavy (non-hydrogen) atoms. The summed E-state index contributed by atoms with van der Waals surface area (Å²) in [6, 6.07) is 5.13. The predicted octanol–water partition coefficient (Wildman–Crippen LogP) is 2.36. The van der Waals surface area contributed by atoms with E-state index in [-0.39, 0.29) is 30.7 Å². The van der Waals surface area contributed by atoms with Gasteiger partial charge in [-0.3, -0.25) is 9.59 Å². The smallest absolute Gasteiger partial charge is 0.227 e. The Balaban J connectivity index is 2.97. The summed E-state index contributed by atoms with van der Waals surface area (Å²) in [6.45, 7) is 4.22. The molecule has 0 aliphatic carbocycles. The lowest BCUT2D eigenvalue weighted by atomic mass is 10.0. The Hall–Kier alpha value is -2.08. The van der Waals surface area contributed by atoms with Crippen molar-refractivity contribution in [3.05, 3.63) is 18.2 Å². The van der Waals surface area contributed by atoms with Crippen LogP contribution >= 0.6 is 0 Å². The van der Waals surface area contributed by atoms with Crippen LogP contribution in [0.1, 0.15) is 33.1 Å². The van der Waals surface area contributed by atoms with Gasteiger partial charge in [0.15, 0.2) is 0 Å². The Kier molecular flexibility index (Phi) is 7.39. The Labute approximate surface area is 131 Å². The Morgan fingerprint density at radius 3 is 2.41 bits per heavy atom. The van der Waals surface area contributed by atoms with Crippen LogP contribution in [0.3, 0.4) is 0 Å². The van der Waals surface area contributed by atoms with Gasteiger partial charge in [0.1, 0.15) is 5.75 Å². The molecule has 0 heterocycles. The van der Waals surface area contributed by atoms with E-state index in [1.165, 1.54) is 0 Å². The van der Waals surface area contributed by atoms with Crippen LogP contribution in [0.15, 0.2) is 18.2 Å². The molecule has 0 saturated carbocycles. The molecule has 6 nitrogen and oxygen atoms in total. The summed E-state index contributed by atoms with van der Waals surface area (Å²) < 4.78 is 5.16. The van der Waals surface area contributed by atoms with Crippen molar-refractivity contribution in [2.45, 2.75) is 33.1 Å². The second-order valence-electron chi connectivity index (χ2n) is 5.00. The third kappa shape index (κ3) is 5.04. The van der Waals surface area contributed by atoms with Crippen molar-refractivity contribution in [3.63, 3.8) is 0 Å². The van der Waals surface area contributed by atoms with Crippen LogP contribution in [-0.4, -0.2) is 25.5 Å². The minimum Gasteiger partial charge on any atom is -0.497 e. The van der Waals surface area contributed by atoms with Gasteiger partial charge in [-0.25, -0.2) is 0 Å². The van der Waals surface area contributed by atoms with Gasteiger partial charge < -0.3 is 21.1 Å². The van der Waals surface area contributed by atoms with Crippen molar-refractivity contribution in [3.8, 4) is 5.75 Å². The maximum Gasteiger partial charge on any atom is 0.227 e. The van der Waals surface area contributed by atoms with Gasteiger partial charge in [0.05, 0.1) is 18.5 Å². The van der Waals surface area contributed by atoms with Crippen molar-refractivity contribution in [1.82, 2.24) is 0 Å². The first kappa shape index (κ1) is 18.0. The first-order valence-corrected chi connectivity index (χ1v) is 7.54. The Morgan fingerprint density at radius 2 is 1.86 bits per heavy atom. The van der Waals surface area contributed by atoms with Crippen LogP contribution in [0.5, 0.6) is 5.75 Å². The molecule has 0 aliphatic rings. The fourth-order valence-electron chi connectivity index (χ4n) is 2.10. The third-order valence-corrected chi connectivity index (χ3v) is 3.49. The highest BCUT2D eigenvalue weighted by atomic mass is 16.5.